The summed E-state index contributed by atoms with van der Waals surface area (Å²) >= 11 is 0. The van der Waals surface area contributed by atoms with E-state index in [9.17, 15) is 0 Å². The van der Waals surface area contributed by atoms with E-state index < -0.39 is 0 Å². The highest BCUT2D eigenvalue weighted by molar-refractivity contribution is 5.67. The molecule has 0 radical (unpaired) electrons. The van der Waals surface area contributed by atoms with Gasteiger partial charge in [0.1, 0.15) is 0 Å². The smallest absolute Gasteiger partial charge is 0.00182 e. The number of rotatable bonds is 17. The zero-order valence-electron chi connectivity index (χ0n) is 25.8. The summed E-state index contributed by atoms with van der Waals surface area (Å²) in [5.74, 6) is 1.36. The molecule has 0 spiro atoms. The second kappa shape index (κ2) is 16.7. The van der Waals surface area contributed by atoms with Crippen LogP contribution in [0.15, 0.2) is 72.9 Å². The van der Waals surface area contributed by atoms with Gasteiger partial charge in [-0.1, -0.05) is 119 Å². The minimum atomic E-state index is 0.580. The zero-order valence-corrected chi connectivity index (χ0v) is 25.8. The number of aryl methyl sites for hydroxylation is 2. The number of benzene rings is 2. The van der Waals surface area contributed by atoms with Crippen molar-refractivity contribution in [3.8, 4) is 11.1 Å². The van der Waals surface area contributed by atoms with Crippen LogP contribution in [-0.4, -0.2) is 0 Å². The Labute approximate surface area is 241 Å². The molecule has 212 valence electrons. The molecule has 2 aromatic carbocycles. The first-order valence-corrected chi connectivity index (χ1v) is 16.2. The molecule has 0 N–H and O–H groups in total. The Hall–Kier alpha value is -2.34. The first kappa shape index (κ1) is 31.2. The summed E-state index contributed by atoms with van der Waals surface area (Å²) in [5, 5.41) is 0. The number of allylic oxidation sites excluding steroid dienone is 4. The van der Waals surface area contributed by atoms with Crippen molar-refractivity contribution < 1.29 is 0 Å². The lowest BCUT2D eigenvalue weighted by atomic mass is 9.83. The van der Waals surface area contributed by atoms with Gasteiger partial charge < -0.3 is 0 Å². The highest BCUT2D eigenvalue weighted by atomic mass is 14.2. The van der Waals surface area contributed by atoms with Gasteiger partial charge in [0.25, 0.3) is 0 Å². The van der Waals surface area contributed by atoms with Crippen molar-refractivity contribution in [3.63, 3.8) is 0 Å². The third-order valence-corrected chi connectivity index (χ3v) is 8.95. The lowest BCUT2D eigenvalue weighted by Crippen LogP contribution is -2.06. The van der Waals surface area contributed by atoms with Gasteiger partial charge in [0.2, 0.25) is 0 Å². The Bertz CT molecular complexity index is 1060. The molecule has 3 rings (SSSR count). The van der Waals surface area contributed by atoms with Crippen molar-refractivity contribution in [2.45, 2.75) is 130 Å². The van der Waals surface area contributed by atoms with Gasteiger partial charge in [0.05, 0.1) is 0 Å². The first-order chi connectivity index (χ1) is 19.0. The van der Waals surface area contributed by atoms with Crippen molar-refractivity contribution in [1.29, 1.82) is 0 Å². The minimum Gasteiger partial charge on any atom is -0.0959 e. The summed E-state index contributed by atoms with van der Waals surface area (Å²) in [5.41, 5.74) is 11.5. The minimum absolute atomic E-state index is 0.580. The molecule has 0 saturated heterocycles. The highest BCUT2D eigenvalue weighted by Gasteiger charge is 2.17. The quantitative estimate of drug-likeness (QED) is 0.110. The van der Waals surface area contributed by atoms with E-state index in [2.05, 4.69) is 89.4 Å². The zero-order chi connectivity index (χ0) is 28.0. The Morgan fingerprint density at radius 2 is 1.33 bits per heavy atom. The molecule has 2 unspecified atom stereocenters. The number of hydrogen-bond acceptors (Lipinski definition) is 0. The van der Waals surface area contributed by atoms with E-state index in [0.29, 0.717) is 5.92 Å². The average molecular weight is 525 g/mol. The SMILES string of the molecule is C=C(C)C(=C)CCCCc1cc(-c2ccc(C3C=CC(CC)CC3)cc2)cc(CCCCC)c1CCCCC. The van der Waals surface area contributed by atoms with Crippen LogP contribution < -0.4 is 0 Å². The van der Waals surface area contributed by atoms with Crippen LogP contribution in [0.4, 0.5) is 0 Å². The van der Waals surface area contributed by atoms with Crippen molar-refractivity contribution in [1.82, 2.24) is 0 Å². The van der Waals surface area contributed by atoms with Crippen LogP contribution in [0.1, 0.15) is 133 Å². The van der Waals surface area contributed by atoms with Crippen LogP contribution in [0.2, 0.25) is 0 Å². The molecule has 0 bridgehead atoms. The van der Waals surface area contributed by atoms with Gasteiger partial charge >= 0.3 is 0 Å². The maximum atomic E-state index is 4.22. The number of hydrogen-bond donors (Lipinski definition) is 0. The molecule has 2 atom stereocenters. The molecular formula is C39H56. The van der Waals surface area contributed by atoms with Gasteiger partial charge in [-0.2, -0.15) is 0 Å². The molecule has 0 amide bonds. The summed E-state index contributed by atoms with van der Waals surface area (Å²) in [4.78, 5) is 0. The molecular weight excluding hydrogens is 468 g/mol. The Balaban J connectivity index is 1.87. The van der Waals surface area contributed by atoms with Gasteiger partial charge in [-0.3, -0.25) is 0 Å². The molecule has 39 heavy (non-hydrogen) atoms. The fraction of sp³-hybridized carbons (Fsp3) is 0.538. The van der Waals surface area contributed by atoms with E-state index in [4.69, 9.17) is 0 Å². The molecule has 0 heterocycles. The molecule has 0 heteroatoms. The average Bonchev–Trinajstić information content (AvgIpc) is 2.96. The maximum Gasteiger partial charge on any atom is 0.00182 e. The Morgan fingerprint density at radius 3 is 1.87 bits per heavy atom. The molecule has 0 saturated carbocycles. The van der Waals surface area contributed by atoms with Crippen molar-refractivity contribution in [2.24, 2.45) is 5.92 Å². The van der Waals surface area contributed by atoms with E-state index in [1.54, 1.807) is 16.7 Å². The van der Waals surface area contributed by atoms with Crippen LogP contribution >= 0.6 is 0 Å². The predicted molar refractivity (Wildman–Crippen MR) is 175 cm³/mol. The summed E-state index contributed by atoms with van der Waals surface area (Å²) < 4.78 is 0. The topological polar surface area (TPSA) is 0 Å². The van der Waals surface area contributed by atoms with E-state index in [1.807, 2.05) is 0 Å². The molecule has 1 aliphatic rings. The van der Waals surface area contributed by atoms with E-state index in [-0.39, 0.29) is 0 Å². The van der Waals surface area contributed by atoms with Crippen molar-refractivity contribution in [3.05, 3.63) is 95.1 Å². The second-order valence-corrected chi connectivity index (χ2v) is 12.1. The van der Waals surface area contributed by atoms with Crippen LogP contribution in [0.5, 0.6) is 0 Å². The fourth-order valence-corrected chi connectivity index (χ4v) is 6.13. The van der Waals surface area contributed by atoms with Crippen LogP contribution in [-0.2, 0) is 19.3 Å². The summed E-state index contributed by atoms with van der Waals surface area (Å²) in [6.07, 6.45) is 23.7. The van der Waals surface area contributed by atoms with Crippen LogP contribution in [0, 0.1) is 5.92 Å². The standard InChI is InChI=1S/C39H56/c1-7-10-12-17-36-28-38(35-26-24-34(25-27-35)33-22-20-32(9-3)21-23-33)29-37(39(36)19-13-11-8-2)18-15-14-16-31(6)30(4)5/h20,22,24-29,32-33H,4,6-19,21,23H2,1-3,5H3. The molecule has 0 nitrogen and oxygen atoms in total. The molecule has 2 aromatic rings. The summed E-state index contributed by atoms with van der Waals surface area (Å²) in [7, 11) is 0. The maximum absolute atomic E-state index is 4.22. The molecule has 0 aromatic heterocycles. The Morgan fingerprint density at radius 1 is 0.718 bits per heavy atom. The van der Waals surface area contributed by atoms with Gasteiger partial charge in [0.15, 0.2) is 0 Å². The lowest BCUT2D eigenvalue weighted by Gasteiger charge is -2.22. The molecule has 1 aliphatic carbocycles. The van der Waals surface area contributed by atoms with Gasteiger partial charge in [-0.15, -0.1) is 0 Å². The summed E-state index contributed by atoms with van der Waals surface area (Å²) in [6, 6.07) is 14.6. The molecule has 0 fully saturated rings. The van der Waals surface area contributed by atoms with Gasteiger partial charge in [0, 0.05) is 5.92 Å². The predicted octanol–water partition coefficient (Wildman–Crippen LogP) is 12.1. The first-order valence-electron chi connectivity index (χ1n) is 16.2. The normalized spacial score (nSPS) is 16.9. The second-order valence-electron chi connectivity index (χ2n) is 12.1. The third kappa shape index (κ3) is 9.66. The largest absolute Gasteiger partial charge is 0.0959 e. The van der Waals surface area contributed by atoms with E-state index in [0.717, 1.165) is 17.9 Å². The fourth-order valence-electron chi connectivity index (χ4n) is 6.13. The monoisotopic (exact) mass is 524 g/mol. The van der Waals surface area contributed by atoms with Gasteiger partial charge in [-0.25, -0.2) is 0 Å². The summed E-state index contributed by atoms with van der Waals surface area (Å²) in [6.45, 7) is 17.3. The Kier molecular flexibility index (Phi) is 13.3. The van der Waals surface area contributed by atoms with E-state index in [1.165, 1.54) is 112 Å². The number of unbranched alkanes of at least 4 members (excludes halogenated alkanes) is 5. The highest BCUT2D eigenvalue weighted by Crippen LogP contribution is 2.34. The van der Waals surface area contributed by atoms with Crippen LogP contribution in [0.3, 0.4) is 0 Å². The van der Waals surface area contributed by atoms with E-state index >= 15 is 0 Å². The van der Waals surface area contributed by atoms with Crippen molar-refractivity contribution in [2.75, 3.05) is 0 Å². The van der Waals surface area contributed by atoms with Crippen LogP contribution in [0.25, 0.3) is 11.1 Å². The van der Waals surface area contributed by atoms with Gasteiger partial charge in [-0.05, 0) is 117 Å². The van der Waals surface area contributed by atoms with Crippen molar-refractivity contribution >= 4 is 0 Å². The lowest BCUT2D eigenvalue weighted by molar-refractivity contribution is 0.499. The third-order valence-electron chi connectivity index (χ3n) is 8.95. The molecule has 0 aliphatic heterocycles.